The number of alkyl halides is 3. The van der Waals surface area contributed by atoms with Crippen molar-refractivity contribution in [3.8, 4) is 0 Å². The summed E-state index contributed by atoms with van der Waals surface area (Å²) in [4.78, 5) is 11.3. The summed E-state index contributed by atoms with van der Waals surface area (Å²) in [5.41, 5.74) is -0.488. The molecule has 0 aliphatic heterocycles. The van der Waals surface area contributed by atoms with Gasteiger partial charge < -0.3 is 5.32 Å². The zero-order valence-corrected chi connectivity index (χ0v) is 9.55. The minimum Gasteiger partial charge on any atom is -0.343 e. The molecule has 0 aromatic heterocycles. The van der Waals surface area contributed by atoms with Crippen LogP contribution in [0.3, 0.4) is 0 Å². The van der Waals surface area contributed by atoms with Gasteiger partial charge in [-0.25, -0.2) is 0 Å². The highest BCUT2D eigenvalue weighted by Crippen LogP contribution is 2.46. The van der Waals surface area contributed by atoms with Gasteiger partial charge in [-0.15, -0.1) is 0 Å². The number of amides is 1. The Balaban J connectivity index is 2.20. The Kier molecular flexibility index (Phi) is 2.92. The second-order valence-electron chi connectivity index (χ2n) is 4.35. The molecule has 0 unspecified atom stereocenters. The smallest absolute Gasteiger partial charge is 0.343 e. The van der Waals surface area contributed by atoms with Crippen molar-refractivity contribution in [2.24, 2.45) is 0 Å². The first-order valence-corrected chi connectivity index (χ1v) is 5.50. The summed E-state index contributed by atoms with van der Waals surface area (Å²) in [7, 11) is 0. The highest BCUT2D eigenvalue weighted by Gasteiger charge is 2.45. The largest absolute Gasteiger partial charge is 0.416 e. The van der Waals surface area contributed by atoms with E-state index >= 15 is 0 Å². The summed E-state index contributed by atoms with van der Waals surface area (Å²) in [6, 6.07) is 4.91. The van der Waals surface area contributed by atoms with Crippen LogP contribution in [0.4, 0.5) is 13.2 Å². The first-order valence-electron chi connectivity index (χ1n) is 5.50. The van der Waals surface area contributed by atoms with E-state index < -0.39 is 17.3 Å². The summed E-state index contributed by atoms with van der Waals surface area (Å²) in [5.74, 6) is -0.313. The molecule has 1 aromatic rings. The molecular weight excluding hydrogens is 243 g/mol. The fourth-order valence-electron chi connectivity index (χ4n) is 1.88. The van der Waals surface area contributed by atoms with Gasteiger partial charge in [-0.1, -0.05) is 18.7 Å². The van der Waals surface area contributed by atoms with Crippen molar-refractivity contribution in [1.82, 2.24) is 5.32 Å². The van der Waals surface area contributed by atoms with Crippen LogP contribution in [0.1, 0.15) is 24.0 Å². The van der Waals surface area contributed by atoms with Crippen molar-refractivity contribution < 1.29 is 18.0 Å². The number of benzene rings is 1. The molecule has 1 fully saturated rings. The number of hydrogen-bond donors (Lipinski definition) is 1. The Morgan fingerprint density at radius 3 is 2.22 bits per heavy atom. The average Bonchev–Trinajstić information content (AvgIpc) is 3.09. The van der Waals surface area contributed by atoms with Crippen LogP contribution in [0.5, 0.6) is 0 Å². The molecule has 5 heteroatoms. The minimum absolute atomic E-state index is 0.313. The Labute approximate surface area is 102 Å². The van der Waals surface area contributed by atoms with Gasteiger partial charge in [0.25, 0.3) is 0 Å². The van der Waals surface area contributed by atoms with Crippen molar-refractivity contribution in [3.63, 3.8) is 0 Å². The summed E-state index contributed by atoms with van der Waals surface area (Å²) >= 11 is 0. The molecule has 0 spiro atoms. The molecule has 1 N–H and O–H groups in total. The van der Waals surface area contributed by atoms with E-state index in [1.165, 1.54) is 12.1 Å². The molecule has 0 atom stereocenters. The molecular formula is C13H12F3NO. The predicted octanol–water partition coefficient (Wildman–Crippen LogP) is 3.00. The Morgan fingerprint density at radius 1 is 1.28 bits per heavy atom. The van der Waals surface area contributed by atoms with Gasteiger partial charge in [0.05, 0.1) is 11.1 Å². The van der Waals surface area contributed by atoms with Crippen molar-refractivity contribution in [2.45, 2.75) is 24.6 Å². The first kappa shape index (κ1) is 12.7. The maximum atomic E-state index is 12.4. The molecule has 1 aliphatic rings. The predicted molar refractivity (Wildman–Crippen MR) is 60.7 cm³/mol. The van der Waals surface area contributed by atoms with E-state index in [9.17, 15) is 18.0 Å². The van der Waals surface area contributed by atoms with Gasteiger partial charge in [0.1, 0.15) is 0 Å². The lowest BCUT2D eigenvalue weighted by molar-refractivity contribution is -0.137. The maximum Gasteiger partial charge on any atom is 0.416 e. The van der Waals surface area contributed by atoms with Gasteiger partial charge in [-0.3, -0.25) is 4.79 Å². The molecule has 0 radical (unpaired) electrons. The topological polar surface area (TPSA) is 29.1 Å². The molecule has 1 aromatic carbocycles. The summed E-state index contributed by atoms with van der Waals surface area (Å²) < 4.78 is 37.2. The second kappa shape index (κ2) is 4.15. The van der Waals surface area contributed by atoms with Gasteiger partial charge in [0.15, 0.2) is 0 Å². The van der Waals surface area contributed by atoms with Crippen LogP contribution in [-0.4, -0.2) is 5.91 Å². The lowest BCUT2D eigenvalue weighted by atomic mass is 10.0. The number of carbonyl (C=O) groups excluding carboxylic acids is 1. The summed E-state index contributed by atoms with van der Waals surface area (Å²) in [5, 5.41) is 2.75. The second-order valence-corrected chi connectivity index (χ2v) is 4.35. The van der Waals surface area contributed by atoms with Crippen LogP contribution < -0.4 is 5.32 Å². The SMILES string of the molecule is C=CC(=O)NC1(c2ccc(C(F)(F)F)cc2)CC1. The normalized spacial score (nSPS) is 17.1. The van der Waals surface area contributed by atoms with Crippen molar-refractivity contribution >= 4 is 5.91 Å². The van der Waals surface area contributed by atoms with E-state index in [1.54, 1.807) is 0 Å². The third kappa shape index (κ3) is 2.39. The molecule has 0 bridgehead atoms. The third-order valence-electron chi connectivity index (χ3n) is 3.06. The molecule has 0 saturated heterocycles. The number of carbonyl (C=O) groups is 1. The van der Waals surface area contributed by atoms with Crippen LogP contribution in [0.25, 0.3) is 0 Å². The highest BCUT2D eigenvalue weighted by atomic mass is 19.4. The highest BCUT2D eigenvalue weighted by molar-refractivity contribution is 5.88. The van der Waals surface area contributed by atoms with E-state index in [0.717, 1.165) is 31.1 Å². The fourth-order valence-corrected chi connectivity index (χ4v) is 1.88. The quantitative estimate of drug-likeness (QED) is 0.826. The maximum absolute atomic E-state index is 12.4. The Bertz CT molecular complexity index is 472. The van der Waals surface area contributed by atoms with Gasteiger partial charge in [-0.2, -0.15) is 13.2 Å². The third-order valence-corrected chi connectivity index (χ3v) is 3.06. The van der Waals surface area contributed by atoms with Crippen LogP contribution in [0.15, 0.2) is 36.9 Å². The van der Waals surface area contributed by atoms with Gasteiger partial charge in [0, 0.05) is 0 Å². The fraction of sp³-hybridized carbons (Fsp3) is 0.308. The Hall–Kier alpha value is -1.78. The summed E-state index contributed by atoms with van der Waals surface area (Å²) in [6.45, 7) is 3.35. The van der Waals surface area contributed by atoms with Crippen LogP contribution in [0, 0.1) is 0 Å². The van der Waals surface area contributed by atoms with Gasteiger partial charge >= 0.3 is 6.18 Å². The monoisotopic (exact) mass is 255 g/mol. The molecule has 1 amide bonds. The minimum atomic E-state index is -4.33. The lowest BCUT2D eigenvalue weighted by Gasteiger charge is -2.17. The molecule has 2 rings (SSSR count). The van der Waals surface area contributed by atoms with Crippen molar-refractivity contribution in [1.29, 1.82) is 0 Å². The molecule has 1 aliphatic carbocycles. The Morgan fingerprint density at radius 2 is 1.83 bits per heavy atom. The zero-order valence-electron chi connectivity index (χ0n) is 9.55. The molecule has 1 saturated carbocycles. The number of hydrogen-bond acceptors (Lipinski definition) is 1. The number of nitrogens with one attached hydrogen (secondary N) is 1. The first-order chi connectivity index (χ1) is 8.37. The number of halogens is 3. The van der Waals surface area contributed by atoms with Crippen LogP contribution in [-0.2, 0) is 16.5 Å². The molecule has 0 heterocycles. The van der Waals surface area contributed by atoms with Gasteiger partial charge in [-0.05, 0) is 36.6 Å². The average molecular weight is 255 g/mol. The van der Waals surface area contributed by atoms with Crippen molar-refractivity contribution in [3.05, 3.63) is 48.0 Å². The molecule has 96 valence electrons. The van der Waals surface area contributed by atoms with E-state index in [0.29, 0.717) is 5.56 Å². The van der Waals surface area contributed by atoms with E-state index in [-0.39, 0.29) is 5.91 Å². The van der Waals surface area contributed by atoms with Crippen LogP contribution >= 0.6 is 0 Å². The van der Waals surface area contributed by atoms with Gasteiger partial charge in [0.2, 0.25) is 5.91 Å². The number of rotatable bonds is 3. The van der Waals surface area contributed by atoms with Crippen molar-refractivity contribution in [2.75, 3.05) is 0 Å². The standard InChI is InChI=1S/C13H12F3NO/c1-2-11(18)17-12(7-8-12)9-3-5-10(6-4-9)13(14,15)16/h2-6H,1,7-8H2,(H,17,18). The zero-order chi connectivity index (χ0) is 13.4. The molecule has 18 heavy (non-hydrogen) atoms. The van der Waals surface area contributed by atoms with E-state index in [4.69, 9.17) is 0 Å². The van der Waals surface area contributed by atoms with E-state index in [2.05, 4.69) is 11.9 Å². The summed E-state index contributed by atoms with van der Waals surface area (Å²) in [6.07, 6.45) is -1.71. The molecule has 2 nitrogen and oxygen atoms in total. The van der Waals surface area contributed by atoms with E-state index in [1.807, 2.05) is 0 Å². The van der Waals surface area contributed by atoms with Crippen LogP contribution in [0.2, 0.25) is 0 Å². The lowest BCUT2D eigenvalue weighted by Crippen LogP contribution is -2.33.